The molecular formula is C19H28N2O5. The molecule has 3 atom stereocenters. The van der Waals surface area contributed by atoms with Crippen LogP contribution in [0.2, 0.25) is 0 Å². The Labute approximate surface area is 154 Å². The average Bonchev–Trinajstić information content (AvgIpc) is 3.30. The number of morpholine rings is 1. The third-order valence-corrected chi connectivity index (χ3v) is 4.87. The standard InChI is InChI=1S/C19H28N2O5/c1-14-10-21(11-15(2)26-14)18(22)5-7-20(12-17-4-3-8-25-17)19(23)16-6-9-24-13-16/h6,9,13-15,17H,3-5,7-8,10-12H2,1-2H3/t14-,15-,17+/m1/s1. The van der Waals surface area contributed by atoms with Gasteiger partial charge >= 0.3 is 0 Å². The Hall–Kier alpha value is -1.86. The minimum atomic E-state index is -0.120. The van der Waals surface area contributed by atoms with Gasteiger partial charge in [-0.25, -0.2) is 0 Å². The average molecular weight is 364 g/mol. The third-order valence-electron chi connectivity index (χ3n) is 4.87. The van der Waals surface area contributed by atoms with Gasteiger partial charge in [0.15, 0.2) is 0 Å². The molecule has 2 aliphatic rings. The molecule has 0 unspecified atom stereocenters. The maximum Gasteiger partial charge on any atom is 0.257 e. The minimum absolute atomic E-state index is 0.0401. The lowest BCUT2D eigenvalue weighted by Gasteiger charge is -2.36. The largest absolute Gasteiger partial charge is 0.472 e. The molecule has 0 N–H and O–H groups in total. The van der Waals surface area contributed by atoms with Crippen molar-refractivity contribution < 1.29 is 23.5 Å². The zero-order chi connectivity index (χ0) is 18.5. The molecule has 0 radical (unpaired) electrons. The van der Waals surface area contributed by atoms with E-state index in [-0.39, 0.29) is 30.1 Å². The van der Waals surface area contributed by atoms with Crippen molar-refractivity contribution in [3.63, 3.8) is 0 Å². The van der Waals surface area contributed by atoms with Crippen LogP contribution < -0.4 is 0 Å². The number of hydrogen-bond acceptors (Lipinski definition) is 5. The van der Waals surface area contributed by atoms with Gasteiger partial charge in [0.1, 0.15) is 6.26 Å². The molecule has 144 valence electrons. The highest BCUT2D eigenvalue weighted by Gasteiger charge is 2.28. The van der Waals surface area contributed by atoms with Crippen LogP contribution in [0.1, 0.15) is 43.5 Å². The van der Waals surface area contributed by atoms with E-state index in [2.05, 4.69) is 0 Å². The van der Waals surface area contributed by atoms with Gasteiger partial charge < -0.3 is 23.7 Å². The van der Waals surface area contributed by atoms with Crippen molar-refractivity contribution in [3.8, 4) is 0 Å². The van der Waals surface area contributed by atoms with Crippen molar-refractivity contribution in [2.75, 3.05) is 32.8 Å². The fourth-order valence-corrected chi connectivity index (χ4v) is 3.65. The fourth-order valence-electron chi connectivity index (χ4n) is 3.65. The summed E-state index contributed by atoms with van der Waals surface area (Å²) in [5.41, 5.74) is 0.504. The van der Waals surface area contributed by atoms with Crippen LogP contribution in [0.25, 0.3) is 0 Å². The predicted molar refractivity (Wildman–Crippen MR) is 94.8 cm³/mol. The number of carbonyl (C=O) groups excluding carboxylic acids is 2. The monoisotopic (exact) mass is 364 g/mol. The van der Waals surface area contributed by atoms with Gasteiger partial charge in [-0.3, -0.25) is 9.59 Å². The molecule has 7 nitrogen and oxygen atoms in total. The summed E-state index contributed by atoms with van der Waals surface area (Å²) in [7, 11) is 0. The molecule has 26 heavy (non-hydrogen) atoms. The van der Waals surface area contributed by atoms with E-state index in [1.807, 2.05) is 18.7 Å². The Kier molecular flexibility index (Phi) is 6.32. The number of carbonyl (C=O) groups is 2. The molecule has 2 amide bonds. The molecule has 2 fully saturated rings. The number of rotatable bonds is 6. The topological polar surface area (TPSA) is 72.2 Å². The van der Waals surface area contributed by atoms with Crippen molar-refractivity contribution in [1.82, 2.24) is 9.80 Å². The highest BCUT2D eigenvalue weighted by atomic mass is 16.5. The Morgan fingerprint density at radius 1 is 1.27 bits per heavy atom. The highest BCUT2D eigenvalue weighted by molar-refractivity contribution is 5.94. The van der Waals surface area contributed by atoms with E-state index in [1.54, 1.807) is 11.0 Å². The summed E-state index contributed by atoms with van der Waals surface area (Å²) in [6.45, 7) is 6.77. The van der Waals surface area contributed by atoms with Crippen LogP contribution in [-0.4, -0.2) is 72.7 Å². The number of furan rings is 1. The first-order valence-corrected chi connectivity index (χ1v) is 9.39. The van der Waals surface area contributed by atoms with Crippen LogP contribution in [0.15, 0.2) is 23.0 Å². The lowest BCUT2D eigenvalue weighted by Crippen LogP contribution is -2.49. The zero-order valence-corrected chi connectivity index (χ0v) is 15.6. The molecule has 3 heterocycles. The first-order valence-electron chi connectivity index (χ1n) is 9.39. The van der Waals surface area contributed by atoms with Crippen LogP contribution in [-0.2, 0) is 14.3 Å². The molecule has 0 aliphatic carbocycles. The van der Waals surface area contributed by atoms with Gasteiger partial charge in [0, 0.05) is 39.2 Å². The molecule has 1 aromatic rings. The van der Waals surface area contributed by atoms with Gasteiger partial charge in [-0.1, -0.05) is 0 Å². The summed E-state index contributed by atoms with van der Waals surface area (Å²) >= 11 is 0. The molecule has 2 saturated heterocycles. The lowest BCUT2D eigenvalue weighted by atomic mass is 10.2. The number of amides is 2. The van der Waals surface area contributed by atoms with Gasteiger partial charge in [0.2, 0.25) is 5.91 Å². The highest BCUT2D eigenvalue weighted by Crippen LogP contribution is 2.17. The molecule has 1 aromatic heterocycles. The second-order valence-electron chi connectivity index (χ2n) is 7.20. The zero-order valence-electron chi connectivity index (χ0n) is 15.6. The maximum absolute atomic E-state index is 12.8. The van der Waals surface area contributed by atoms with Gasteiger partial charge in [-0.05, 0) is 32.8 Å². The van der Waals surface area contributed by atoms with E-state index in [0.717, 1.165) is 19.4 Å². The van der Waals surface area contributed by atoms with Crippen molar-refractivity contribution in [2.24, 2.45) is 0 Å². The van der Waals surface area contributed by atoms with Crippen LogP contribution >= 0.6 is 0 Å². The van der Waals surface area contributed by atoms with Crippen LogP contribution in [0, 0.1) is 0 Å². The molecule has 0 saturated carbocycles. The summed E-state index contributed by atoms with van der Waals surface area (Å²) < 4.78 is 16.4. The first-order chi connectivity index (χ1) is 12.5. The Morgan fingerprint density at radius 2 is 2.04 bits per heavy atom. The van der Waals surface area contributed by atoms with E-state index < -0.39 is 0 Å². The summed E-state index contributed by atoms with van der Waals surface area (Å²) in [5.74, 6) is -0.0601. The molecule has 0 bridgehead atoms. The fraction of sp³-hybridized carbons (Fsp3) is 0.684. The van der Waals surface area contributed by atoms with Crippen LogP contribution in [0.3, 0.4) is 0 Å². The van der Waals surface area contributed by atoms with Gasteiger partial charge in [0.25, 0.3) is 5.91 Å². The van der Waals surface area contributed by atoms with Gasteiger partial charge in [0.05, 0.1) is 30.1 Å². The Morgan fingerprint density at radius 3 is 2.65 bits per heavy atom. The summed E-state index contributed by atoms with van der Waals surface area (Å²) in [5, 5.41) is 0. The molecule has 7 heteroatoms. The summed E-state index contributed by atoms with van der Waals surface area (Å²) in [4.78, 5) is 28.9. The second-order valence-corrected chi connectivity index (χ2v) is 7.20. The summed E-state index contributed by atoms with van der Waals surface area (Å²) in [6.07, 6.45) is 5.32. The van der Waals surface area contributed by atoms with E-state index >= 15 is 0 Å². The molecule has 0 spiro atoms. The Bertz CT molecular complexity index is 587. The smallest absolute Gasteiger partial charge is 0.257 e. The van der Waals surface area contributed by atoms with E-state index in [9.17, 15) is 9.59 Å². The molecule has 2 aliphatic heterocycles. The lowest BCUT2D eigenvalue weighted by molar-refractivity contribution is -0.143. The van der Waals surface area contributed by atoms with Gasteiger partial charge in [-0.15, -0.1) is 0 Å². The Balaban J connectivity index is 1.59. The normalized spacial score (nSPS) is 26.1. The third kappa shape index (κ3) is 4.86. The van der Waals surface area contributed by atoms with E-state index in [0.29, 0.717) is 38.2 Å². The van der Waals surface area contributed by atoms with Crippen LogP contribution in [0.5, 0.6) is 0 Å². The summed E-state index contributed by atoms with van der Waals surface area (Å²) in [6, 6.07) is 1.65. The first kappa shape index (κ1) is 18.9. The maximum atomic E-state index is 12.8. The molecular weight excluding hydrogens is 336 g/mol. The van der Waals surface area contributed by atoms with Gasteiger partial charge in [-0.2, -0.15) is 0 Å². The quantitative estimate of drug-likeness (QED) is 0.771. The van der Waals surface area contributed by atoms with E-state index in [4.69, 9.17) is 13.9 Å². The van der Waals surface area contributed by atoms with E-state index in [1.165, 1.54) is 12.5 Å². The second kappa shape index (κ2) is 8.68. The minimum Gasteiger partial charge on any atom is -0.472 e. The van der Waals surface area contributed by atoms with Crippen molar-refractivity contribution in [1.29, 1.82) is 0 Å². The van der Waals surface area contributed by atoms with Crippen molar-refractivity contribution in [2.45, 2.75) is 51.4 Å². The number of nitrogens with zero attached hydrogens (tertiary/aromatic N) is 2. The number of hydrogen-bond donors (Lipinski definition) is 0. The molecule has 3 rings (SSSR count). The molecule has 0 aromatic carbocycles. The van der Waals surface area contributed by atoms with Crippen molar-refractivity contribution in [3.05, 3.63) is 24.2 Å². The predicted octanol–water partition coefficient (Wildman–Crippen LogP) is 1.93. The number of ether oxygens (including phenoxy) is 2. The SMILES string of the molecule is C[C@@H]1CN(C(=O)CCN(C[C@@H]2CCCO2)C(=O)c2ccoc2)C[C@@H](C)O1. The van der Waals surface area contributed by atoms with Crippen LogP contribution in [0.4, 0.5) is 0 Å². The van der Waals surface area contributed by atoms with Crippen molar-refractivity contribution >= 4 is 11.8 Å².